The third-order valence-electron chi connectivity index (χ3n) is 8.29. The second kappa shape index (κ2) is 12.5. The molecule has 1 saturated carbocycles. The van der Waals surface area contributed by atoms with E-state index in [1.54, 1.807) is 12.0 Å². The highest BCUT2D eigenvalue weighted by Gasteiger charge is 2.33. The van der Waals surface area contributed by atoms with E-state index in [0.717, 1.165) is 36.3 Å². The molecule has 2 saturated heterocycles. The molecule has 2 amide bonds. The topological polar surface area (TPSA) is 115 Å². The first-order chi connectivity index (χ1) is 18.8. The number of hydrogen-bond donors (Lipinski definition) is 2. The Bertz CT molecular complexity index is 1240. The number of carbonyl (C=O) groups is 1. The third-order valence-corrected chi connectivity index (χ3v) is 10.1. The van der Waals surface area contributed by atoms with E-state index in [4.69, 9.17) is 9.72 Å². The zero-order valence-corrected chi connectivity index (χ0v) is 24.2. The van der Waals surface area contributed by atoms with E-state index >= 15 is 0 Å². The van der Waals surface area contributed by atoms with E-state index in [2.05, 4.69) is 22.3 Å². The number of nitrogens with zero attached hydrogens (tertiary/aromatic N) is 4. The Morgan fingerprint density at radius 1 is 1.08 bits per heavy atom. The van der Waals surface area contributed by atoms with Gasteiger partial charge in [0.2, 0.25) is 0 Å². The fourth-order valence-corrected chi connectivity index (χ4v) is 7.74. The molecule has 0 bridgehead atoms. The van der Waals surface area contributed by atoms with Crippen molar-refractivity contribution in [1.29, 1.82) is 0 Å². The summed E-state index contributed by atoms with van der Waals surface area (Å²) in [4.78, 5) is 21.7. The molecule has 12 heteroatoms. The number of piperidine rings is 1. The number of methoxy groups -OCH3 is 1. The molecule has 1 unspecified atom stereocenters. The standard InChI is InChI=1S/C27H39N5O5S2/c1-37-25-11-10-21(20-7-3-2-4-8-20)17-23(25)24-19-38-26(28-24)29-27(33)31-15-13-30(14-16-31)18-22-9-5-6-12-32(22)39(34,35)36/h10-11,17,19-20,22H,2-9,12-16,18H2,1H3,(H,28,29,33)(H,34,35,36). The number of benzene rings is 1. The van der Waals surface area contributed by atoms with Crippen molar-refractivity contribution in [2.45, 2.75) is 63.3 Å². The maximum absolute atomic E-state index is 13.0. The van der Waals surface area contributed by atoms with Crippen LogP contribution in [-0.2, 0) is 10.3 Å². The SMILES string of the molecule is COc1ccc(C2CCCCC2)cc1-c1csc(NC(=O)N2CCN(CC3CCCCN3S(=O)(=O)O)CC2)n1. The smallest absolute Gasteiger partial charge is 0.336 e. The van der Waals surface area contributed by atoms with Crippen LogP contribution in [0.3, 0.4) is 0 Å². The Balaban J connectivity index is 1.17. The molecule has 3 aliphatic rings. The number of hydrogen-bond acceptors (Lipinski definition) is 7. The molecule has 1 aromatic heterocycles. The minimum atomic E-state index is -4.20. The fourth-order valence-electron chi connectivity index (χ4n) is 6.13. The molecule has 1 aromatic carbocycles. The fraction of sp³-hybridized carbons (Fsp3) is 0.630. The number of carbonyl (C=O) groups excluding carboxylic acids is 1. The summed E-state index contributed by atoms with van der Waals surface area (Å²) < 4.78 is 40.0. The number of piperazine rings is 1. The summed E-state index contributed by atoms with van der Waals surface area (Å²) in [6.45, 7) is 3.31. The van der Waals surface area contributed by atoms with Gasteiger partial charge in [-0.3, -0.25) is 14.8 Å². The van der Waals surface area contributed by atoms with Gasteiger partial charge in [-0.05, 0) is 49.3 Å². The number of urea groups is 1. The van der Waals surface area contributed by atoms with E-state index in [1.807, 2.05) is 11.4 Å². The summed E-state index contributed by atoms with van der Waals surface area (Å²) in [6, 6.07) is 5.98. The van der Waals surface area contributed by atoms with E-state index in [0.29, 0.717) is 50.3 Å². The van der Waals surface area contributed by atoms with E-state index < -0.39 is 10.3 Å². The van der Waals surface area contributed by atoms with E-state index in [1.165, 1.54) is 53.3 Å². The van der Waals surface area contributed by atoms with Crippen LogP contribution >= 0.6 is 11.3 Å². The van der Waals surface area contributed by atoms with Crippen LogP contribution in [0.25, 0.3) is 11.3 Å². The number of nitrogens with one attached hydrogen (secondary N) is 1. The molecular formula is C27H39N5O5S2. The van der Waals surface area contributed by atoms with Crippen molar-refractivity contribution in [3.05, 3.63) is 29.1 Å². The van der Waals surface area contributed by atoms with Crippen LogP contribution in [0.4, 0.5) is 9.93 Å². The first-order valence-electron chi connectivity index (χ1n) is 14.0. The van der Waals surface area contributed by atoms with Gasteiger partial charge in [0.15, 0.2) is 5.13 Å². The molecule has 3 heterocycles. The quantitative estimate of drug-likeness (QED) is 0.460. The molecule has 2 aromatic rings. The van der Waals surface area contributed by atoms with Crippen molar-refractivity contribution in [3.63, 3.8) is 0 Å². The molecule has 0 radical (unpaired) electrons. The predicted octanol–water partition coefficient (Wildman–Crippen LogP) is 4.67. The minimum absolute atomic E-state index is 0.185. The molecule has 0 spiro atoms. The van der Waals surface area contributed by atoms with Gasteiger partial charge in [-0.1, -0.05) is 31.7 Å². The van der Waals surface area contributed by atoms with Gasteiger partial charge < -0.3 is 9.64 Å². The molecule has 214 valence electrons. The monoisotopic (exact) mass is 577 g/mol. The molecular weight excluding hydrogens is 538 g/mol. The van der Waals surface area contributed by atoms with Crippen LogP contribution < -0.4 is 10.1 Å². The van der Waals surface area contributed by atoms with Crippen molar-refractivity contribution in [1.82, 2.24) is 19.1 Å². The van der Waals surface area contributed by atoms with E-state index in [-0.39, 0.29) is 12.1 Å². The third kappa shape index (κ3) is 6.91. The number of rotatable bonds is 7. The zero-order valence-electron chi connectivity index (χ0n) is 22.5. The molecule has 1 atom stereocenters. The highest BCUT2D eigenvalue weighted by atomic mass is 32.2. The van der Waals surface area contributed by atoms with Gasteiger partial charge >= 0.3 is 16.3 Å². The van der Waals surface area contributed by atoms with Crippen molar-refractivity contribution in [3.8, 4) is 17.0 Å². The molecule has 1 aliphatic carbocycles. The Morgan fingerprint density at radius 3 is 2.54 bits per heavy atom. The van der Waals surface area contributed by atoms with Gasteiger partial charge in [-0.15, -0.1) is 11.3 Å². The summed E-state index contributed by atoms with van der Waals surface area (Å²) in [5, 5.41) is 5.46. The Labute approximate surface area is 235 Å². The Hall–Kier alpha value is -2.25. The number of thiazole rings is 1. The highest BCUT2D eigenvalue weighted by molar-refractivity contribution is 7.83. The zero-order chi connectivity index (χ0) is 27.4. The van der Waals surface area contributed by atoms with Gasteiger partial charge in [0.05, 0.1) is 12.8 Å². The first-order valence-corrected chi connectivity index (χ1v) is 16.3. The maximum atomic E-state index is 13.0. The molecule has 3 fully saturated rings. The second-order valence-corrected chi connectivity index (χ2v) is 13.0. The summed E-state index contributed by atoms with van der Waals surface area (Å²) in [6.07, 6.45) is 8.76. The lowest BCUT2D eigenvalue weighted by atomic mass is 9.83. The summed E-state index contributed by atoms with van der Waals surface area (Å²) in [7, 11) is -2.53. The predicted molar refractivity (Wildman–Crippen MR) is 153 cm³/mol. The van der Waals surface area contributed by atoms with Crippen LogP contribution in [0.15, 0.2) is 23.6 Å². The molecule has 2 aliphatic heterocycles. The van der Waals surface area contributed by atoms with Gasteiger partial charge in [-0.2, -0.15) is 12.7 Å². The normalized spacial score (nSPS) is 22.1. The average Bonchev–Trinajstić information content (AvgIpc) is 3.41. The molecule has 5 rings (SSSR count). The Kier molecular flexibility index (Phi) is 9.07. The molecule has 39 heavy (non-hydrogen) atoms. The number of aromatic nitrogens is 1. The molecule has 10 nitrogen and oxygen atoms in total. The van der Waals surface area contributed by atoms with Gasteiger partial charge in [0.25, 0.3) is 0 Å². The summed E-state index contributed by atoms with van der Waals surface area (Å²) >= 11 is 1.40. The van der Waals surface area contributed by atoms with Crippen molar-refractivity contribution in [2.75, 3.05) is 51.7 Å². The van der Waals surface area contributed by atoms with Gasteiger partial charge in [0.1, 0.15) is 5.75 Å². The largest absolute Gasteiger partial charge is 0.496 e. The summed E-state index contributed by atoms with van der Waals surface area (Å²) in [5.74, 6) is 1.36. The van der Waals surface area contributed by atoms with Crippen LogP contribution in [0.1, 0.15) is 62.8 Å². The molecule has 2 N–H and O–H groups in total. The lowest BCUT2D eigenvalue weighted by Gasteiger charge is -2.39. The van der Waals surface area contributed by atoms with Crippen molar-refractivity contribution in [2.24, 2.45) is 0 Å². The number of anilines is 1. The maximum Gasteiger partial charge on any atom is 0.336 e. The lowest BCUT2D eigenvalue weighted by molar-refractivity contribution is 0.113. The van der Waals surface area contributed by atoms with Crippen LogP contribution in [0, 0.1) is 0 Å². The van der Waals surface area contributed by atoms with Crippen LogP contribution in [0.5, 0.6) is 5.75 Å². The minimum Gasteiger partial charge on any atom is -0.496 e. The van der Waals surface area contributed by atoms with Gasteiger partial charge in [-0.25, -0.2) is 9.78 Å². The van der Waals surface area contributed by atoms with Crippen LogP contribution in [-0.4, -0.2) is 90.5 Å². The second-order valence-electron chi connectivity index (χ2n) is 10.8. The average molecular weight is 578 g/mol. The van der Waals surface area contributed by atoms with Crippen LogP contribution in [0.2, 0.25) is 0 Å². The first kappa shape index (κ1) is 28.3. The lowest BCUT2D eigenvalue weighted by Crippen LogP contribution is -2.55. The number of ether oxygens (including phenoxy) is 1. The highest BCUT2D eigenvalue weighted by Crippen LogP contribution is 2.38. The Morgan fingerprint density at radius 2 is 1.82 bits per heavy atom. The van der Waals surface area contributed by atoms with Crippen molar-refractivity contribution >= 4 is 32.8 Å². The summed E-state index contributed by atoms with van der Waals surface area (Å²) in [5.41, 5.74) is 3.08. The van der Waals surface area contributed by atoms with Gasteiger partial charge in [0, 0.05) is 56.3 Å². The number of amides is 2. The van der Waals surface area contributed by atoms with E-state index in [9.17, 15) is 17.8 Å². The van der Waals surface area contributed by atoms with Crippen molar-refractivity contribution < 1.29 is 22.5 Å².